The Morgan fingerprint density at radius 3 is 2.96 bits per heavy atom. The van der Waals surface area contributed by atoms with Crippen LogP contribution in [0, 0.1) is 0 Å². The minimum Gasteiger partial charge on any atom is -0.348 e. The number of rotatable bonds is 4. The summed E-state index contributed by atoms with van der Waals surface area (Å²) >= 11 is 0. The fourth-order valence-corrected chi connectivity index (χ4v) is 3.15. The van der Waals surface area contributed by atoms with Crippen LogP contribution in [-0.4, -0.2) is 25.1 Å². The molecule has 3 heterocycles. The van der Waals surface area contributed by atoms with Crippen molar-refractivity contribution in [3.05, 3.63) is 53.7 Å². The van der Waals surface area contributed by atoms with Crippen molar-refractivity contribution in [2.45, 2.75) is 38.6 Å². The maximum absolute atomic E-state index is 4.57. The Balaban J connectivity index is 1.50. The SMILES string of the molecule is c1cncc(-c2ccnc(NCc3n[nH]c4c3CCCCC4)n2)c1. The molecule has 0 spiro atoms. The third kappa shape index (κ3) is 3.13. The molecule has 4 rings (SSSR count). The highest BCUT2D eigenvalue weighted by atomic mass is 15.2. The van der Waals surface area contributed by atoms with E-state index in [-0.39, 0.29) is 0 Å². The molecule has 0 saturated heterocycles. The molecule has 1 aliphatic carbocycles. The van der Waals surface area contributed by atoms with E-state index in [4.69, 9.17) is 0 Å². The van der Waals surface area contributed by atoms with E-state index in [1.165, 1.54) is 30.5 Å². The van der Waals surface area contributed by atoms with Gasteiger partial charge >= 0.3 is 0 Å². The molecule has 6 heteroatoms. The van der Waals surface area contributed by atoms with Gasteiger partial charge in [0.05, 0.1) is 17.9 Å². The van der Waals surface area contributed by atoms with Gasteiger partial charge in [-0.15, -0.1) is 0 Å². The lowest BCUT2D eigenvalue weighted by Gasteiger charge is -2.07. The summed E-state index contributed by atoms with van der Waals surface area (Å²) in [5.41, 5.74) is 5.61. The fourth-order valence-electron chi connectivity index (χ4n) is 3.15. The summed E-state index contributed by atoms with van der Waals surface area (Å²) in [5, 5.41) is 11.0. The Morgan fingerprint density at radius 2 is 2.04 bits per heavy atom. The van der Waals surface area contributed by atoms with Crippen molar-refractivity contribution >= 4 is 5.95 Å². The second-order valence-corrected chi connectivity index (χ2v) is 6.05. The summed E-state index contributed by atoms with van der Waals surface area (Å²) in [7, 11) is 0. The Morgan fingerprint density at radius 1 is 1.08 bits per heavy atom. The molecule has 6 nitrogen and oxygen atoms in total. The van der Waals surface area contributed by atoms with Gasteiger partial charge in [-0.1, -0.05) is 6.42 Å². The van der Waals surface area contributed by atoms with Crippen molar-refractivity contribution in [3.63, 3.8) is 0 Å². The molecule has 0 amide bonds. The quantitative estimate of drug-likeness (QED) is 0.722. The van der Waals surface area contributed by atoms with E-state index >= 15 is 0 Å². The Labute approximate surface area is 140 Å². The molecule has 0 bridgehead atoms. The minimum absolute atomic E-state index is 0.613. The first kappa shape index (κ1) is 14.8. The van der Waals surface area contributed by atoms with Crippen molar-refractivity contribution < 1.29 is 0 Å². The number of anilines is 1. The van der Waals surface area contributed by atoms with Gasteiger partial charge in [0.2, 0.25) is 5.95 Å². The number of H-pyrrole nitrogens is 1. The van der Waals surface area contributed by atoms with Crippen LogP contribution in [-0.2, 0) is 19.4 Å². The summed E-state index contributed by atoms with van der Waals surface area (Å²) in [6.07, 6.45) is 11.3. The van der Waals surface area contributed by atoms with Crippen LogP contribution in [0.2, 0.25) is 0 Å². The van der Waals surface area contributed by atoms with E-state index in [2.05, 4.69) is 30.5 Å². The second kappa shape index (κ2) is 6.78. The second-order valence-electron chi connectivity index (χ2n) is 6.05. The molecule has 0 atom stereocenters. The molecule has 0 unspecified atom stereocenters. The van der Waals surface area contributed by atoms with E-state index in [1.54, 1.807) is 18.6 Å². The molecule has 122 valence electrons. The van der Waals surface area contributed by atoms with Crippen LogP contribution in [0.15, 0.2) is 36.8 Å². The number of nitrogens with one attached hydrogen (secondary N) is 2. The topological polar surface area (TPSA) is 79.4 Å². The number of hydrogen-bond acceptors (Lipinski definition) is 5. The molecular weight excluding hydrogens is 300 g/mol. The number of nitrogens with zero attached hydrogens (tertiary/aromatic N) is 4. The maximum Gasteiger partial charge on any atom is 0.223 e. The zero-order valence-electron chi connectivity index (χ0n) is 13.5. The van der Waals surface area contributed by atoms with Crippen LogP contribution in [0.3, 0.4) is 0 Å². The van der Waals surface area contributed by atoms with Gasteiger partial charge in [0.15, 0.2) is 0 Å². The molecule has 3 aromatic heterocycles. The molecule has 3 aromatic rings. The van der Waals surface area contributed by atoms with Crippen LogP contribution in [0.5, 0.6) is 0 Å². The Kier molecular flexibility index (Phi) is 4.18. The number of aromatic nitrogens is 5. The Bertz CT molecular complexity index is 811. The van der Waals surface area contributed by atoms with E-state index in [0.717, 1.165) is 29.8 Å². The summed E-state index contributed by atoms with van der Waals surface area (Å²) in [6.45, 7) is 0.641. The maximum atomic E-state index is 4.57. The van der Waals surface area contributed by atoms with Crippen molar-refractivity contribution in [2.75, 3.05) is 5.32 Å². The number of aromatic amines is 1. The van der Waals surface area contributed by atoms with Crippen molar-refractivity contribution in [1.29, 1.82) is 0 Å². The third-order valence-corrected chi connectivity index (χ3v) is 4.42. The van der Waals surface area contributed by atoms with Crippen molar-refractivity contribution in [2.24, 2.45) is 0 Å². The molecule has 0 aromatic carbocycles. The molecule has 1 aliphatic rings. The zero-order chi connectivity index (χ0) is 16.2. The average Bonchev–Trinajstić information content (AvgIpc) is 2.87. The summed E-state index contributed by atoms with van der Waals surface area (Å²) in [6, 6.07) is 5.79. The third-order valence-electron chi connectivity index (χ3n) is 4.42. The molecule has 0 fully saturated rings. The average molecular weight is 320 g/mol. The summed E-state index contributed by atoms with van der Waals surface area (Å²) < 4.78 is 0. The first-order chi connectivity index (χ1) is 11.9. The fraction of sp³-hybridized carbons (Fsp3) is 0.333. The van der Waals surface area contributed by atoms with Gasteiger partial charge in [0, 0.05) is 29.8 Å². The summed E-state index contributed by atoms with van der Waals surface area (Å²) in [5.74, 6) is 0.613. The molecule has 0 radical (unpaired) electrons. The lowest BCUT2D eigenvalue weighted by atomic mass is 10.1. The highest BCUT2D eigenvalue weighted by Gasteiger charge is 2.15. The van der Waals surface area contributed by atoms with Gasteiger partial charge in [-0.25, -0.2) is 9.97 Å². The van der Waals surface area contributed by atoms with Gasteiger partial charge in [-0.3, -0.25) is 10.1 Å². The lowest BCUT2D eigenvalue weighted by molar-refractivity contribution is 0.699. The van der Waals surface area contributed by atoms with Crippen molar-refractivity contribution in [3.8, 4) is 11.3 Å². The summed E-state index contributed by atoms with van der Waals surface area (Å²) in [4.78, 5) is 13.0. The first-order valence-electron chi connectivity index (χ1n) is 8.42. The van der Waals surface area contributed by atoms with Gasteiger partial charge in [0.1, 0.15) is 0 Å². The van der Waals surface area contributed by atoms with E-state index < -0.39 is 0 Å². The minimum atomic E-state index is 0.613. The highest BCUT2D eigenvalue weighted by Crippen LogP contribution is 2.22. The smallest absolute Gasteiger partial charge is 0.223 e. The van der Waals surface area contributed by atoms with Crippen LogP contribution in [0.1, 0.15) is 36.2 Å². The normalized spacial score (nSPS) is 14.0. The standard InChI is InChI=1S/C18H20N6/c1-2-6-14-16(7-3-1)23-24-17(14)12-21-18-20-10-8-15(22-18)13-5-4-9-19-11-13/h4-5,8-11H,1-3,6-7,12H2,(H,23,24)(H,20,21,22). The van der Waals surface area contributed by atoms with Gasteiger partial charge < -0.3 is 5.32 Å². The lowest BCUT2D eigenvalue weighted by Crippen LogP contribution is -2.06. The van der Waals surface area contributed by atoms with Crippen LogP contribution >= 0.6 is 0 Å². The molecule has 2 N–H and O–H groups in total. The number of aryl methyl sites for hydroxylation is 1. The molecular formula is C18H20N6. The predicted molar refractivity (Wildman–Crippen MR) is 92.4 cm³/mol. The van der Waals surface area contributed by atoms with E-state index in [0.29, 0.717) is 12.5 Å². The number of pyridine rings is 1. The van der Waals surface area contributed by atoms with Crippen LogP contribution in [0.4, 0.5) is 5.95 Å². The predicted octanol–water partition coefficient (Wildman–Crippen LogP) is 3.14. The van der Waals surface area contributed by atoms with Crippen molar-refractivity contribution in [1.82, 2.24) is 25.1 Å². The largest absolute Gasteiger partial charge is 0.348 e. The van der Waals surface area contributed by atoms with Gasteiger partial charge in [-0.2, -0.15) is 5.10 Å². The van der Waals surface area contributed by atoms with Crippen LogP contribution in [0.25, 0.3) is 11.3 Å². The van der Waals surface area contributed by atoms with E-state index in [9.17, 15) is 0 Å². The van der Waals surface area contributed by atoms with E-state index in [1.807, 2.05) is 18.2 Å². The van der Waals surface area contributed by atoms with Gasteiger partial charge in [0.25, 0.3) is 0 Å². The highest BCUT2D eigenvalue weighted by molar-refractivity contribution is 5.58. The van der Waals surface area contributed by atoms with Gasteiger partial charge in [-0.05, 0) is 49.4 Å². The Hall–Kier alpha value is -2.76. The molecule has 24 heavy (non-hydrogen) atoms. The monoisotopic (exact) mass is 320 g/mol. The first-order valence-corrected chi connectivity index (χ1v) is 8.42. The van der Waals surface area contributed by atoms with Crippen LogP contribution < -0.4 is 5.32 Å². The molecule has 0 saturated carbocycles. The number of fused-ring (bicyclic) bond motifs is 1. The zero-order valence-corrected chi connectivity index (χ0v) is 13.5. The molecule has 0 aliphatic heterocycles. The number of hydrogen-bond donors (Lipinski definition) is 2.